The SMILES string of the molecule is Cc1ccc(N2C(=O)C[C@@H]3CS(=O)(=O)C[C@@H]32)cc1C. The van der Waals surface area contributed by atoms with Crippen LogP contribution in [0.5, 0.6) is 0 Å². The van der Waals surface area contributed by atoms with Gasteiger partial charge in [-0.1, -0.05) is 6.07 Å². The number of carbonyl (C=O) groups is 1. The molecule has 1 aromatic rings. The maximum absolute atomic E-state index is 12.1. The topological polar surface area (TPSA) is 54.5 Å². The predicted octanol–water partition coefficient (Wildman–Crippen LogP) is 1.45. The van der Waals surface area contributed by atoms with E-state index in [1.54, 1.807) is 4.90 Å². The zero-order valence-electron chi connectivity index (χ0n) is 11.1. The quantitative estimate of drug-likeness (QED) is 0.782. The third-order valence-corrected chi connectivity index (χ3v) is 6.03. The zero-order valence-corrected chi connectivity index (χ0v) is 11.9. The highest BCUT2D eigenvalue weighted by atomic mass is 32.2. The van der Waals surface area contributed by atoms with Crippen LogP contribution in [0.2, 0.25) is 0 Å². The first-order valence-corrected chi connectivity index (χ1v) is 8.29. The number of benzene rings is 1. The van der Waals surface area contributed by atoms with Crippen LogP contribution in [0.4, 0.5) is 5.69 Å². The Bertz CT molecular complexity index is 651. The highest BCUT2D eigenvalue weighted by Crippen LogP contribution is 2.37. The second-order valence-electron chi connectivity index (χ2n) is 5.64. The Kier molecular flexibility index (Phi) is 2.71. The summed E-state index contributed by atoms with van der Waals surface area (Å²) in [5, 5.41) is 0. The summed E-state index contributed by atoms with van der Waals surface area (Å²) in [7, 11) is -2.98. The van der Waals surface area contributed by atoms with Crippen LogP contribution in [0, 0.1) is 19.8 Å². The largest absolute Gasteiger partial charge is 0.308 e. The third-order valence-electron chi connectivity index (χ3n) is 4.24. The summed E-state index contributed by atoms with van der Waals surface area (Å²) in [6.45, 7) is 4.02. The van der Waals surface area contributed by atoms with Crippen LogP contribution < -0.4 is 4.90 Å². The van der Waals surface area contributed by atoms with E-state index in [1.807, 2.05) is 32.0 Å². The summed E-state index contributed by atoms with van der Waals surface area (Å²) >= 11 is 0. The lowest BCUT2D eigenvalue weighted by atomic mass is 10.0. The molecule has 1 amide bonds. The number of nitrogens with zero attached hydrogens (tertiary/aromatic N) is 1. The Hall–Kier alpha value is -1.36. The van der Waals surface area contributed by atoms with E-state index < -0.39 is 9.84 Å². The number of hydrogen-bond donors (Lipinski definition) is 0. The number of carbonyl (C=O) groups excluding carboxylic acids is 1. The molecule has 0 saturated carbocycles. The summed E-state index contributed by atoms with van der Waals surface area (Å²) in [5.74, 6) is 0.286. The Balaban J connectivity index is 1.99. The van der Waals surface area contributed by atoms with Crippen LogP contribution in [0.15, 0.2) is 18.2 Å². The predicted molar refractivity (Wildman–Crippen MR) is 74.0 cm³/mol. The van der Waals surface area contributed by atoms with E-state index in [9.17, 15) is 13.2 Å². The molecule has 1 aromatic carbocycles. The van der Waals surface area contributed by atoms with Gasteiger partial charge in [0.15, 0.2) is 9.84 Å². The molecule has 0 unspecified atom stereocenters. The van der Waals surface area contributed by atoms with Crippen molar-refractivity contribution in [3.8, 4) is 0 Å². The van der Waals surface area contributed by atoms with Crippen LogP contribution in [0.25, 0.3) is 0 Å². The van der Waals surface area contributed by atoms with Crippen LogP contribution in [0.3, 0.4) is 0 Å². The highest BCUT2D eigenvalue weighted by molar-refractivity contribution is 7.91. The van der Waals surface area contributed by atoms with Gasteiger partial charge in [-0.15, -0.1) is 0 Å². The molecule has 2 fully saturated rings. The molecule has 19 heavy (non-hydrogen) atoms. The lowest BCUT2D eigenvalue weighted by Gasteiger charge is -2.24. The molecule has 0 aromatic heterocycles. The second kappa shape index (κ2) is 4.07. The van der Waals surface area contributed by atoms with Crippen molar-refractivity contribution < 1.29 is 13.2 Å². The average Bonchev–Trinajstić information content (AvgIpc) is 2.73. The van der Waals surface area contributed by atoms with Gasteiger partial charge in [0.1, 0.15) is 0 Å². The third kappa shape index (κ3) is 2.06. The van der Waals surface area contributed by atoms with Gasteiger partial charge in [0.2, 0.25) is 5.91 Å². The van der Waals surface area contributed by atoms with E-state index in [-0.39, 0.29) is 29.4 Å². The van der Waals surface area contributed by atoms with Crippen molar-refractivity contribution in [1.29, 1.82) is 0 Å². The van der Waals surface area contributed by atoms with Crippen molar-refractivity contribution >= 4 is 21.4 Å². The van der Waals surface area contributed by atoms with E-state index >= 15 is 0 Å². The molecule has 0 spiro atoms. The van der Waals surface area contributed by atoms with E-state index in [2.05, 4.69) is 0 Å². The molecule has 3 rings (SSSR count). The van der Waals surface area contributed by atoms with Crippen LogP contribution in [-0.4, -0.2) is 31.9 Å². The maximum Gasteiger partial charge on any atom is 0.227 e. The number of sulfone groups is 1. The molecule has 2 heterocycles. The Morgan fingerprint density at radius 1 is 1.16 bits per heavy atom. The minimum atomic E-state index is -2.98. The van der Waals surface area contributed by atoms with Crippen LogP contribution in [0.1, 0.15) is 17.5 Å². The van der Waals surface area contributed by atoms with E-state index in [4.69, 9.17) is 0 Å². The minimum absolute atomic E-state index is 0.0286. The summed E-state index contributed by atoms with van der Waals surface area (Å²) in [6, 6.07) is 5.70. The smallest absolute Gasteiger partial charge is 0.227 e. The van der Waals surface area contributed by atoms with Gasteiger partial charge in [0, 0.05) is 18.0 Å². The van der Waals surface area contributed by atoms with Gasteiger partial charge in [-0.2, -0.15) is 0 Å². The van der Waals surface area contributed by atoms with Crippen molar-refractivity contribution in [2.45, 2.75) is 26.3 Å². The summed E-state index contributed by atoms with van der Waals surface area (Å²) in [4.78, 5) is 13.8. The minimum Gasteiger partial charge on any atom is -0.308 e. The first kappa shape index (κ1) is 12.7. The first-order chi connectivity index (χ1) is 8.87. The van der Waals surface area contributed by atoms with Gasteiger partial charge < -0.3 is 4.90 Å². The zero-order chi connectivity index (χ0) is 13.8. The van der Waals surface area contributed by atoms with Gasteiger partial charge in [-0.3, -0.25) is 4.79 Å². The number of hydrogen-bond acceptors (Lipinski definition) is 3. The van der Waals surface area contributed by atoms with Crippen LogP contribution in [-0.2, 0) is 14.6 Å². The van der Waals surface area contributed by atoms with Crippen molar-refractivity contribution in [2.75, 3.05) is 16.4 Å². The molecule has 0 aliphatic carbocycles. The molecule has 4 nitrogen and oxygen atoms in total. The molecule has 2 atom stereocenters. The monoisotopic (exact) mass is 279 g/mol. The molecular formula is C14H17NO3S. The van der Waals surface area contributed by atoms with Gasteiger partial charge in [0.25, 0.3) is 0 Å². The fourth-order valence-electron chi connectivity index (χ4n) is 3.10. The lowest BCUT2D eigenvalue weighted by molar-refractivity contribution is -0.117. The molecule has 102 valence electrons. The van der Waals surface area contributed by atoms with Crippen LogP contribution >= 0.6 is 0 Å². The lowest BCUT2D eigenvalue weighted by Crippen LogP contribution is -2.36. The summed E-state index contributed by atoms with van der Waals surface area (Å²) in [5.41, 5.74) is 3.12. The van der Waals surface area contributed by atoms with Crippen molar-refractivity contribution in [3.05, 3.63) is 29.3 Å². The van der Waals surface area contributed by atoms with E-state index in [0.29, 0.717) is 6.42 Å². The molecular weight excluding hydrogens is 262 g/mol. The van der Waals surface area contributed by atoms with Gasteiger partial charge in [0.05, 0.1) is 17.5 Å². The Morgan fingerprint density at radius 3 is 2.58 bits per heavy atom. The fourth-order valence-corrected chi connectivity index (χ4v) is 5.17. The van der Waals surface area contributed by atoms with Gasteiger partial charge in [-0.05, 0) is 37.1 Å². The maximum atomic E-state index is 12.1. The van der Waals surface area contributed by atoms with Gasteiger partial charge >= 0.3 is 0 Å². The highest BCUT2D eigenvalue weighted by Gasteiger charge is 2.49. The van der Waals surface area contributed by atoms with Crippen molar-refractivity contribution in [2.24, 2.45) is 5.92 Å². The normalized spacial score (nSPS) is 28.7. The average molecular weight is 279 g/mol. The second-order valence-corrected chi connectivity index (χ2v) is 7.79. The van der Waals surface area contributed by atoms with Crippen molar-refractivity contribution in [1.82, 2.24) is 0 Å². The number of rotatable bonds is 1. The fraction of sp³-hybridized carbons (Fsp3) is 0.500. The number of anilines is 1. The molecule has 5 heteroatoms. The first-order valence-electron chi connectivity index (χ1n) is 6.47. The molecule has 0 N–H and O–H groups in total. The standard InChI is InChI=1S/C14H17NO3S/c1-9-3-4-12(5-10(9)2)15-13-8-19(17,18)7-11(13)6-14(15)16/h3-5,11,13H,6-8H2,1-2H3/t11-,13+/m1/s1. The molecule has 2 saturated heterocycles. The molecule has 0 radical (unpaired) electrons. The number of aryl methyl sites for hydroxylation is 2. The van der Waals surface area contributed by atoms with E-state index in [0.717, 1.165) is 11.3 Å². The van der Waals surface area contributed by atoms with Gasteiger partial charge in [-0.25, -0.2) is 8.42 Å². The summed E-state index contributed by atoms with van der Waals surface area (Å²) in [6.07, 6.45) is 0.358. The summed E-state index contributed by atoms with van der Waals surface area (Å²) < 4.78 is 23.4. The molecule has 2 aliphatic rings. The number of fused-ring (bicyclic) bond motifs is 1. The number of amides is 1. The Labute approximate surface area is 113 Å². The Morgan fingerprint density at radius 2 is 1.89 bits per heavy atom. The van der Waals surface area contributed by atoms with E-state index in [1.165, 1.54) is 5.56 Å². The molecule has 0 bridgehead atoms. The molecule has 2 aliphatic heterocycles. The van der Waals surface area contributed by atoms with Crippen molar-refractivity contribution in [3.63, 3.8) is 0 Å².